The normalized spacial score (nSPS) is 13.1. The Bertz CT molecular complexity index is 483. The molecular weight excluding hydrogens is 222 g/mol. The molecule has 0 fully saturated rings. The molecule has 1 rings (SSSR count). The van der Waals surface area contributed by atoms with Gasteiger partial charge in [0.25, 0.3) is 0 Å². The fourth-order valence-electron chi connectivity index (χ4n) is 1.41. The predicted octanol–water partition coefficient (Wildman–Crippen LogP) is 2.50. The monoisotopic (exact) mass is 237 g/mol. The van der Waals surface area contributed by atoms with Crippen molar-refractivity contribution >= 4 is 9.84 Å². The summed E-state index contributed by atoms with van der Waals surface area (Å²) in [5, 5.41) is 8.41. The number of rotatable bonds is 4. The maximum Gasteiger partial charge on any atom is 0.191 e. The average Bonchev–Trinajstić information content (AvgIpc) is 2.28. The maximum atomic E-state index is 11.6. The van der Waals surface area contributed by atoms with Crippen molar-refractivity contribution in [1.29, 1.82) is 5.26 Å². The zero-order valence-corrected chi connectivity index (χ0v) is 10.3. The molecule has 0 aliphatic heterocycles. The number of nitriles is 1. The van der Waals surface area contributed by atoms with Gasteiger partial charge in [-0.15, -0.1) is 0 Å². The van der Waals surface area contributed by atoms with E-state index < -0.39 is 15.6 Å². The third-order valence-electron chi connectivity index (χ3n) is 2.68. The van der Waals surface area contributed by atoms with E-state index in [-0.39, 0.29) is 4.90 Å². The standard InChI is InChI=1S/C12H15NO2S/c1-3-10(2)11-4-6-12(7-5-11)16(14,15)9-8-13/h4-7,10H,3,9H2,1-2H3. The molecule has 0 bridgehead atoms. The average molecular weight is 237 g/mol. The molecule has 4 heteroatoms. The lowest BCUT2D eigenvalue weighted by Gasteiger charge is -2.09. The van der Waals surface area contributed by atoms with E-state index in [2.05, 4.69) is 13.8 Å². The van der Waals surface area contributed by atoms with Crippen molar-refractivity contribution in [2.75, 3.05) is 5.75 Å². The molecule has 0 N–H and O–H groups in total. The molecule has 1 aromatic carbocycles. The third kappa shape index (κ3) is 2.83. The summed E-state index contributed by atoms with van der Waals surface area (Å²) in [7, 11) is -3.42. The lowest BCUT2D eigenvalue weighted by molar-refractivity contribution is 0.599. The van der Waals surface area contributed by atoms with Crippen LogP contribution in [-0.2, 0) is 9.84 Å². The molecule has 0 heterocycles. The second-order valence-corrected chi connectivity index (χ2v) is 5.79. The first-order valence-corrected chi connectivity index (χ1v) is 6.86. The van der Waals surface area contributed by atoms with Gasteiger partial charge in [0.1, 0.15) is 5.75 Å². The van der Waals surface area contributed by atoms with Crippen LogP contribution >= 0.6 is 0 Å². The second kappa shape index (κ2) is 5.13. The molecule has 0 aliphatic carbocycles. The lowest BCUT2D eigenvalue weighted by atomic mass is 9.99. The molecule has 0 radical (unpaired) electrons. The zero-order valence-electron chi connectivity index (χ0n) is 9.47. The van der Waals surface area contributed by atoms with Gasteiger partial charge in [-0.05, 0) is 30.0 Å². The molecule has 16 heavy (non-hydrogen) atoms. The van der Waals surface area contributed by atoms with E-state index in [1.54, 1.807) is 18.2 Å². The minimum atomic E-state index is -3.42. The van der Waals surface area contributed by atoms with Crippen molar-refractivity contribution in [3.8, 4) is 6.07 Å². The lowest BCUT2D eigenvalue weighted by Crippen LogP contribution is -2.05. The fourth-order valence-corrected chi connectivity index (χ4v) is 2.30. The van der Waals surface area contributed by atoms with Gasteiger partial charge < -0.3 is 0 Å². The molecule has 86 valence electrons. The van der Waals surface area contributed by atoms with Crippen molar-refractivity contribution < 1.29 is 8.42 Å². The van der Waals surface area contributed by atoms with E-state index in [0.717, 1.165) is 12.0 Å². The Balaban J connectivity index is 3.01. The van der Waals surface area contributed by atoms with Crippen LogP contribution in [0.2, 0.25) is 0 Å². The molecule has 1 unspecified atom stereocenters. The smallest absolute Gasteiger partial charge is 0.191 e. The van der Waals surface area contributed by atoms with E-state index in [9.17, 15) is 8.42 Å². The highest BCUT2D eigenvalue weighted by Gasteiger charge is 2.13. The SMILES string of the molecule is CCC(C)c1ccc(S(=O)(=O)CC#N)cc1. The van der Waals surface area contributed by atoms with Crippen LogP contribution in [0, 0.1) is 11.3 Å². The van der Waals surface area contributed by atoms with Gasteiger partial charge in [-0.2, -0.15) is 5.26 Å². The first-order chi connectivity index (χ1) is 7.51. The largest absolute Gasteiger partial charge is 0.223 e. The number of benzene rings is 1. The first kappa shape index (κ1) is 12.7. The molecule has 3 nitrogen and oxygen atoms in total. The highest BCUT2D eigenvalue weighted by Crippen LogP contribution is 2.20. The van der Waals surface area contributed by atoms with Crippen LogP contribution in [0.3, 0.4) is 0 Å². The summed E-state index contributed by atoms with van der Waals surface area (Å²) in [4.78, 5) is 0.223. The molecule has 0 amide bonds. The van der Waals surface area contributed by atoms with E-state index in [0.29, 0.717) is 5.92 Å². The number of sulfone groups is 1. The molecular formula is C12H15NO2S. The topological polar surface area (TPSA) is 57.9 Å². The number of hydrogen-bond acceptors (Lipinski definition) is 3. The predicted molar refractivity (Wildman–Crippen MR) is 62.8 cm³/mol. The molecule has 0 saturated carbocycles. The van der Waals surface area contributed by atoms with Gasteiger partial charge in [0.15, 0.2) is 9.84 Å². The molecule has 1 aromatic rings. The fraction of sp³-hybridized carbons (Fsp3) is 0.417. The van der Waals surface area contributed by atoms with Gasteiger partial charge in [0.05, 0.1) is 11.0 Å². The van der Waals surface area contributed by atoms with Gasteiger partial charge in [0.2, 0.25) is 0 Å². The summed E-state index contributed by atoms with van der Waals surface area (Å²) in [5.41, 5.74) is 1.12. The number of hydrogen-bond donors (Lipinski definition) is 0. The summed E-state index contributed by atoms with van der Waals surface area (Å²) in [6.45, 7) is 4.18. The Morgan fingerprint density at radius 1 is 1.31 bits per heavy atom. The zero-order chi connectivity index (χ0) is 12.2. The van der Waals surface area contributed by atoms with E-state index in [1.165, 1.54) is 0 Å². The Morgan fingerprint density at radius 3 is 2.31 bits per heavy atom. The van der Waals surface area contributed by atoms with Crippen LogP contribution in [0.5, 0.6) is 0 Å². The van der Waals surface area contributed by atoms with Crippen LogP contribution in [0.4, 0.5) is 0 Å². The minimum Gasteiger partial charge on any atom is -0.223 e. The molecule has 1 atom stereocenters. The van der Waals surface area contributed by atoms with Gasteiger partial charge in [0, 0.05) is 0 Å². The van der Waals surface area contributed by atoms with E-state index in [1.807, 2.05) is 12.1 Å². The Labute approximate surface area is 96.6 Å². The summed E-state index contributed by atoms with van der Waals surface area (Å²) >= 11 is 0. The highest BCUT2D eigenvalue weighted by molar-refractivity contribution is 7.91. The molecule has 0 aromatic heterocycles. The van der Waals surface area contributed by atoms with Crippen molar-refractivity contribution in [1.82, 2.24) is 0 Å². The van der Waals surface area contributed by atoms with Crippen LogP contribution in [0.25, 0.3) is 0 Å². The van der Waals surface area contributed by atoms with Crippen LogP contribution in [-0.4, -0.2) is 14.2 Å². The van der Waals surface area contributed by atoms with Gasteiger partial charge in [-0.25, -0.2) is 8.42 Å². The Hall–Kier alpha value is -1.34. The van der Waals surface area contributed by atoms with Crippen LogP contribution in [0.15, 0.2) is 29.2 Å². The second-order valence-electron chi connectivity index (χ2n) is 3.80. The van der Waals surface area contributed by atoms with Crippen LogP contribution in [0.1, 0.15) is 31.7 Å². The van der Waals surface area contributed by atoms with Crippen molar-refractivity contribution in [2.24, 2.45) is 0 Å². The summed E-state index contributed by atoms with van der Waals surface area (Å²) < 4.78 is 23.1. The number of nitrogens with zero attached hydrogens (tertiary/aromatic N) is 1. The third-order valence-corrected chi connectivity index (χ3v) is 4.17. The molecule has 0 saturated heterocycles. The van der Waals surface area contributed by atoms with Crippen molar-refractivity contribution in [3.05, 3.63) is 29.8 Å². The van der Waals surface area contributed by atoms with Crippen LogP contribution < -0.4 is 0 Å². The minimum absolute atomic E-state index is 0.223. The summed E-state index contributed by atoms with van der Waals surface area (Å²) in [6, 6.07) is 8.46. The quantitative estimate of drug-likeness (QED) is 0.808. The van der Waals surface area contributed by atoms with Gasteiger partial charge in [-0.1, -0.05) is 26.0 Å². The molecule has 0 aliphatic rings. The van der Waals surface area contributed by atoms with E-state index >= 15 is 0 Å². The van der Waals surface area contributed by atoms with Crippen molar-refractivity contribution in [3.63, 3.8) is 0 Å². The van der Waals surface area contributed by atoms with Crippen molar-refractivity contribution in [2.45, 2.75) is 31.1 Å². The van der Waals surface area contributed by atoms with E-state index in [4.69, 9.17) is 5.26 Å². The Morgan fingerprint density at radius 2 is 1.88 bits per heavy atom. The van der Waals surface area contributed by atoms with Gasteiger partial charge >= 0.3 is 0 Å². The first-order valence-electron chi connectivity index (χ1n) is 5.21. The summed E-state index contributed by atoms with van der Waals surface area (Å²) in [6.07, 6.45) is 1.02. The Kier molecular flexibility index (Phi) is 4.08. The maximum absolute atomic E-state index is 11.6. The summed E-state index contributed by atoms with van der Waals surface area (Å²) in [5.74, 6) is -0.0388. The highest BCUT2D eigenvalue weighted by atomic mass is 32.2. The molecule has 0 spiro atoms. The van der Waals surface area contributed by atoms with Gasteiger partial charge in [-0.3, -0.25) is 0 Å².